The molecule has 0 bridgehead atoms. The molecule has 1 heterocycles. The molecule has 2 rings (SSSR count). The fourth-order valence-corrected chi connectivity index (χ4v) is 3.17. The number of nitrogens with one attached hydrogen (secondary N) is 2. The molecule has 7 nitrogen and oxygen atoms in total. The number of hydrogen-bond donors (Lipinski definition) is 2. The largest absolute Gasteiger partial charge is 0.333 e. The molecular weight excluding hydrogens is 350 g/mol. The van der Waals surface area contributed by atoms with Gasteiger partial charge in [-0.2, -0.15) is 0 Å². The number of urea groups is 1. The van der Waals surface area contributed by atoms with Crippen LogP contribution in [0.4, 0.5) is 4.79 Å². The van der Waals surface area contributed by atoms with E-state index in [9.17, 15) is 9.59 Å². The molecule has 2 aromatic rings. The van der Waals surface area contributed by atoms with Crippen LogP contribution in [0.3, 0.4) is 0 Å². The van der Waals surface area contributed by atoms with Gasteiger partial charge in [0.15, 0.2) is 5.16 Å². The van der Waals surface area contributed by atoms with E-state index < -0.39 is 16.8 Å². The van der Waals surface area contributed by atoms with E-state index in [1.165, 1.54) is 11.8 Å². The Balaban J connectivity index is 2.02. The summed E-state index contributed by atoms with van der Waals surface area (Å²) >= 11 is 1.27. The topological polar surface area (TPSA) is 88.9 Å². The minimum absolute atomic E-state index is 0.0353. The minimum Gasteiger partial charge on any atom is -0.333 e. The fourth-order valence-electron chi connectivity index (χ4n) is 2.27. The monoisotopic (exact) mass is 375 g/mol. The quantitative estimate of drug-likeness (QED) is 0.784. The number of benzene rings is 1. The lowest BCUT2D eigenvalue weighted by Crippen LogP contribution is -2.49. The van der Waals surface area contributed by atoms with E-state index in [1.54, 1.807) is 13.3 Å². The molecule has 1 aromatic carbocycles. The second-order valence-electron chi connectivity index (χ2n) is 7.06. The highest BCUT2D eigenvalue weighted by atomic mass is 32.2. The van der Waals surface area contributed by atoms with Crippen molar-refractivity contribution in [3.63, 3.8) is 0 Å². The second-order valence-corrected chi connectivity index (χ2v) is 8.37. The lowest BCUT2D eigenvalue weighted by Gasteiger charge is -2.21. The summed E-state index contributed by atoms with van der Waals surface area (Å²) in [4.78, 5) is 24.1. The van der Waals surface area contributed by atoms with E-state index in [-0.39, 0.29) is 11.9 Å². The van der Waals surface area contributed by atoms with Crippen molar-refractivity contribution in [2.24, 2.45) is 0 Å². The Kier molecular flexibility index (Phi) is 6.42. The van der Waals surface area contributed by atoms with Gasteiger partial charge in [0.25, 0.3) is 0 Å². The zero-order valence-electron chi connectivity index (χ0n) is 15.7. The predicted octanol–water partition coefficient (Wildman–Crippen LogP) is 2.99. The zero-order chi connectivity index (χ0) is 19.3. The van der Waals surface area contributed by atoms with Gasteiger partial charge in [-0.05, 0) is 40.2 Å². The van der Waals surface area contributed by atoms with Gasteiger partial charge in [0.1, 0.15) is 6.33 Å². The van der Waals surface area contributed by atoms with E-state index in [2.05, 4.69) is 20.8 Å². The SMILES string of the molecule is C[C@H](Sc1nncn1[C@H](C)c1ccccc1)C(=O)NC(=O)NC(C)(C)C. The smallest absolute Gasteiger partial charge is 0.321 e. The standard InChI is InChI=1S/C18H25N5O2S/c1-12(14-9-7-6-8-10-14)23-11-19-22-17(23)26-13(2)15(24)20-16(25)21-18(3,4)5/h6-13H,1-5H3,(H2,20,21,24,25)/t12-,13+/m1/s1. The van der Waals surface area contributed by atoms with Crippen LogP contribution in [-0.2, 0) is 4.79 Å². The molecule has 3 amide bonds. The second kappa shape index (κ2) is 8.35. The van der Waals surface area contributed by atoms with Crippen LogP contribution in [-0.4, -0.2) is 37.5 Å². The van der Waals surface area contributed by atoms with Crippen molar-refractivity contribution in [1.29, 1.82) is 0 Å². The first-order chi connectivity index (χ1) is 12.2. The van der Waals surface area contributed by atoms with Crippen LogP contribution in [0.25, 0.3) is 0 Å². The average Bonchev–Trinajstić information content (AvgIpc) is 3.01. The number of rotatable bonds is 5. The van der Waals surface area contributed by atoms with Crippen molar-refractivity contribution in [1.82, 2.24) is 25.4 Å². The van der Waals surface area contributed by atoms with Crippen molar-refractivity contribution in [2.45, 2.75) is 56.6 Å². The Bertz CT molecular complexity index is 754. The molecule has 0 fully saturated rings. The molecule has 8 heteroatoms. The molecule has 0 aliphatic heterocycles. The van der Waals surface area contributed by atoms with E-state index in [1.807, 2.05) is 62.6 Å². The molecule has 0 saturated carbocycles. The maximum Gasteiger partial charge on any atom is 0.321 e. The summed E-state index contributed by atoms with van der Waals surface area (Å²) in [7, 11) is 0. The highest BCUT2D eigenvalue weighted by Crippen LogP contribution is 2.26. The van der Waals surface area contributed by atoms with Crippen molar-refractivity contribution >= 4 is 23.7 Å². The van der Waals surface area contributed by atoms with Crippen molar-refractivity contribution < 1.29 is 9.59 Å². The molecule has 0 aliphatic rings. The number of nitrogens with zero attached hydrogens (tertiary/aromatic N) is 3. The Hall–Kier alpha value is -2.35. The summed E-state index contributed by atoms with van der Waals surface area (Å²) in [5, 5.41) is 13.3. The molecule has 0 spiro atoms. The zero-order valence-corrected chi connectivity index (χ0v) is 16.5. The van der Waals surface area contributed by atoms with Gasteiger partial charge in [-0.15, -0.1) is 10.2 Å². The third kappa shape index (κ3) is 5.59. The molecular formula is C18H25N5O2S. The van der Waals surface area contributed by atoms with Crippen LogP contribution in [0.5, 0.6) is 0 Å². The first kappa shape index (κ1) is 20.0. The van der Waals surface area contributed by atoms with Gasteiger partial charge < -0.3 is 9.88 Å². The van der Waals surface area contributed by atoms with E-state index >= 15 is 0 Å². The van der Waals surface area contributed by atoms with E-state index in [0.29, 0.717) is 5.16 Å². The highest BCUT2D eigenvalue weighted by molar-refractivity contribution is 8.00. The summed E-state index contributed by atoms with van der Waals surface area (Å²) in [6.07, 6.45) is 1.65. The third-order valence-electron chi connectivity index (χ3n) is 3.62. The van der Waals surface area contributed by atoms with Crippen molar-refractivity contribution in [2.75, 3.05) is 0 Å². The summed E-state index contributed by atoms with van der Waals surface area (Å²) in [6, 6.07) is 9.52. The summed E-state index contributed by atoms with van der Waals surface area (Å²) in [5.74, 6) is -0.376. The normalized spacial score (nSPS) is 13.7. The third-order valence-corrected chi connectivity index (χ3v) is 4.69. The van der Waals surface area contributed by atoms with Crippen LogP contribution in [0.15, 0.2) is 41.8 Å². The van der Waals surface area contributed by atoms with Crippen molar-refractivity contribution in [3.05, 3.63) is 42.2 Å². The van der Waals surface area contributed by atoms with Gasteiger partial charge in [-0.3, -0.25) is 10.1 Å². The number of carbonyl (C=O) groups excluding carboxylic acids is 2. The molecule has 2 atom stereocenters. The van der Waals surface area contributed by atoms with Crippen LogP contribution in [0, 0.1) is 0 Å². The Morgan fingerprint density at radius 1 is 1.15 bits per heavy atom. The number of thioether (sulfide) groups is 1. The Morgan fingerprint density at radius 2 is 1.81 bits per heavy atom. The lowest BCUT2D eigenvalue weighted by atomic mass is 10.1. The van der Waals surface area contributed by atoms with Crippen LogP contribution >= 0.6 is 11.8 Å². The maximum absolute atomic E-state index is 12.3. The first-order valence-electron chi connectivity index (χ1n) is 8.41. The lowest BCUT2D eigenvalue weighted by molar-refractivity contribution is -0.119. The summed E-state index contributed by atoms with van der Waals surface area (Å²) in [6.45, 7) is 9.33. The minimum atomic E-state index is -0.505. The highest BCUT2D eigenvalue weighted by Gasteiger charge is 2.23. The molecule has 0 radical (unpaired) electrons. The average molecular weight is 375 g/mol. The van der Waals surface area contributed by atoms with Crippen molar-refractivity contribution in [3.8, 4) is 0 Å². The van der Waals surface area contributed by atoms with Crippen LogP contribution < -0.4 is 10.6 Å². The molecule has 0 saturated heterocycles. The number of amides is 3. The first-order valence-corrected chi connectivity index (χ1v) is 9.29. The molecule has 0 unspecified atom stereocenters. The predicted molar refractivity (Wildman–Crippen MR) is 102 cm³/mol. The number of aromatic nitrogens is 3. The molecule has 0 aliphatic carbocycles. The molecule has 1 aromatic heterocycles. The molecule has 26 heavy (non-hydrogen) atoms. The van der Waals surface area contributed by atoms with Gasteiger partial charge in [-0.1, -0.05) is 42.1 Å². The van der Waals surface area contributed by atoms with Crippen LogP contribution in [0.1, 0.15) is 46.2 Å². The van der Waals surface area contributed by atoms with Gasteiger partial charge in [-0.25, -0.2) is 4.79 Å². The summed E-state index contributed by atoms with van der Waals surface area (Å²) in [5.41, 5.74) is 0.710. The van der Waals surface area contributed by atoms with E-state index in [0.717, 1.165) is 5.56 Å². The Morgan fingerprint density at radius 3 is 2.42 bits per heavy atom. The molecule has 140 valence electrons. The van der Waals surface area contributed by atoms with Gasteiger partial charge in [0, 0.05) is 5.54 Å². The molecule has 2 N–H and O–H groups in total. The van der Waals surface area contributed by atoms with Crippen LogP contribution in [0.2, 0.25) is 0 Å². The number of imide groups is 1. The van der Waals surface area contributed by atoms with Gasteiger partial charge in [0.2, 0.25) is 5.91 Å². The Labute approximate surface area is 158 Å². The van der Waals surface area contributed by atoms with E-state index in [4.69, 9.17) is 0 Å². The summed E-state index contributed by atoms with van der Waals surface area (Å²) < 4.78 is 1.92. The number of carbonyl (C=O) groups is 2. The van der Waals surface area contributed by atoms with Gasteiger partial charge in [0.05, 0.1) is 11.3 Å². The number of hydrogen-bond acceptors (Lipinski definition) is 5. The maximum atomic E-state index is 12.3. The van der Waals surface area contributed by atoms with Gasteiger partial charge >= 0.3 is 6.03 Å². The fraction of sp³-hybridized carbons (Fsp3) is 0.444.